The molecule has 3 aromatic rings. The Morgan fingerprint density at radius 1 is 1.15 bits per heavy atom. The summed E-state index contributed by atoms with van der Waals surface area (Å²) < 4.78 is 12.1. The van der Waals surface area contributed by atoms with E-state index < -0.39 is 0 Å². The van der Waals surface area contributed by atoms with Crippen LogP contribution in [0.2, 0.25) is 0 Å². The highest BCUT2D eigenvalue weighted by Crippen LogP contribution is 2.37. The first-order valence-electron chi connectivity index (χ1n) is 9.03. The molecule has 2 heterocycles. The van der Waals surface area contributed by atoms with E-state index in [0.29, 0.717) is 0 Å². The van der Waals surface area contributed by atoms with Gasteiger partial charge in [-0.2, -0.15) is 5.26 Å². The van der Waals surface area contributed by atoms with E-state index in [1.807, 2.05) is 18.2 Å². The number of hydrogen-bond donors (Lipinski definition) is 0. The quantitative estimate of drug-likeness (QED) is 0.625. The number of ether oxygens (including phenoxy) is 1. The zero-order chi connectivity index (χ0) is 19.0. The van der Waals surface area contributed by atoms with Gasteiger partial charge in [0.15, 0.2) is 0 Å². The summed E-state index contributed by atoms with van der Waals surface area (Å²) in [5, 5.41) is 10.8. The molecule has 0 N–H and O–H groups in total. The molecule has 1 aliphatic heterocycles. The molecular formula is C21H22N4OS. The van der Waals surface area contributed by atoms with E-state index in [1.54, 1.807) is 19.2 Å². The van der Waals surface area contributed by atoms with Gasteiger partial charge in [0, 0.05) is 48.9 Å². The summed E-state index contributed by atoms with van der Waals surface area (Å²) in [5.74, 6) is 0.802. The van der Waals surface area contributed by atoms with Crippen LogP contribution in [0.1, 0.15) is 12.5 Å². The zero-order valence-corrected chi connectivity index (χ0v) is 16.6. The van der Waals surface area contributed by atoms with Crippen molar-refractivity contribution < 1.29 is 4.74 Å². The van der Waals surface area contributed by atoms with Crippen molar-refractivity contribution in [3.8, 4) is 23.1 Å². The number of benzene rings is 2. The van der Waals surface area contributed by atoms with Gasteiger partial charge in [-0.15, -0.1) is 0 Å². The minimum absolute atomic E-state index is 0.720. The molecule has 0 radical (unpaired) electrons. The summed E-state index contributed by atoms with van der Waals surface area (Å²) in [5.41, 5.74) is 4.97. The van der Waals surface area contributed by atoms with Gasteiger partial charge in [-0.3, -0.25) is 0 Å². The second-order valence-corrected chi connectivity index (χ2v) is 7.77. The summed E-state index contributed by atoms with van der Waals surface area (Å²) >= 11 is 1.74. The fraction of sp³-hybridized carbons (Fsp3) is 0.286. The van der Waals surface area contributed by atoms with Crippen LogP contribution in [0.4, 0.5) is 5.69 Å². The van der Waals surface area contributed by atoms with Crippen LogP contribution in [-0.4, -0.2) is 36.1 Å². The smallest absolute Gasteiger partial charge is 0.120 e. The number of aryl methyl sites for hydroxylation is 1. The van der Waals surface area contributed by atoms with Gasteiger partial charge in [-0.05, 0) is 43.8 Å². The Morgan fingerprint density at radius 3 is 2.52 bits per heavy atom. The molecular weight excluding hydrogens is 356 g/mol. The maximum atomic E-state index is 9.86. The Hall–Kier alpha value is -2.62. The molecule has 0 unspecified atom stereocenters. The average Bonchev–Trinajstić information content (AvgIpc) is 3.28. The number of fused-ring (bicyclic) bond motifs is 1. The van der Waals surface area contributed by atoms with Crippen molar-refractivity contribution in [2.75, 3.05) is 31.6 Å². The third-order valence-corrected chi connectivity index (χ3v) is 6.04. The van der Waals surface area contributed by atoms with Crippen molar-refractivity contribution in [2.24, 2.45) is 0 Å². The van der Waals surface area contributed by atoms with Crippen LogP contribution >= 0.6 is 12.1 Å². The number of likely N-dealkylation sites (N-methyl/N-ethyl adjacent to an activating group) is 1. The van der Waals surface area contributed by atoms with Gasteiger partial charge >= 0.3 is 0 Å². The first kappa shape index (κ1) is 17.8. The van der Waals surface area contributed by atoms with E-state index in [1.165, 1.54) is 5.69 Å². The van der Waals surface area contributed by atoms with Crippen molar-refractivity contribution in [3.05, 3.63) is 48.0 Å². The van der Waals surface area contributed by atoms with Crippen molar-refractivity contribution in [1.82, 2.24) is 8.87 Å². The molecule has 0 spiro atoms. The molecule has 27 heavy (non-hydrogen) atoms. The van der Waals surface area contributed by atoms with E-state index in [-0.39, 0.29) is 0 Å². The minimum atomic E-state index is 0.720. The number of aromatic nitrogens is 1. The molecule has 1 aromatic heterocycles. The number of anilines is 1. The topological polar surface area (TPSA) is 44.4 Å². The molecule has 0 amide bonds. The summed E-state index contributed by atoms with van der Waals surface area (Å²) in [6.45, 7) is 4.96. The maximum absolute atomic E-state index is 9.86. The summed E-state index contributed by atoms with van der Waals surface area (Å²) in [6.07, 6.45) is 0. The Bertz CT molecular complexity index is 1020. The van der Waals surface area contributed by atoms with E-state index in [4.69, 9.17) is 4.74 Å². The molecule has 138 valence electrons. The van der Waals surface area contributed by atoms with Gasteiger partial charge in [0.05, 0.1) is 23.9 Å². The van der Waals surface area contributed by atoms with Crippen LogP contribution in [0.5, 0.6) is 5.75 Å². The first-order chi connectivity index (χ1) is 13.2. The number of hydrogen-bond acceptors (Lipinski definition) is 5. The number of nitriles is 1. The lowest BCUT2D eigenvalue weighted by molar-refractivity contribution is 0.415. The van der Waals surface area contributed by atoms with Crippen molar-refractivity contribution in [1.29, 1.82) is 5.26 Å². The summed E-state index contributed by atoms with van der Waals surface area (Å²) in [6, 6.07) is 16.8. The van der Waals surface area contributed by atoms with Gasteiger partial charge in [0.2, 0.25) is 0 Å². The lowest BCUT2D eigenvalue weighted by atomic mass is 10.1. The van der Waals surface area contributed by atoms with Crippen LogP contribution in [0, 0.1) is 11.3 Å². The Kier molecular flexibility index (Phi) is 4.73. The van der Waals surface area contributed by atoms with Crippen molar-refractivity contribution in [3.63, 3.8) is 0 Å². The molecule has 0 bridgehead atoms. The highest BCUT2D eigenvalue weighted by Gasteiger charge is 2.21. The van der Waals surface area contributed by atoms with Gasteiger partial charge in [-0.1, -0.05) is 12.1 Å². The van der Waals surface area contributed by atoms with E-state index in [2.05, 4.69) is 57.5 Å². The van der Waals surface area contributed by atoms with Gasteiger partial charge < -0.3 is 13.6 Å². The molecule has 0 aliphatic carbocycles. The standard InChI is InChI=1S/C21H22N4OS/c1-4-24-20-13-17(26-3)9-10-18(20)19(14-22)21(24)15-5-7-16(8-6-15)25-12-11-23(2)27-25/h5-10,13H,4,11-12H2,1-3H3. The van der Waals surface area contributed by atoms with Crippen LogP contribution in [-0.2, 0) is 6.54 Å². The zero-order valence-electron chi connectivity index (χ0n) is 15.8. The normalized spacial score (nSPS) is 14.7. The van der Waals surface area contributed by atoms with Gasteiger partial charge in [0.1, 0.15) is 11.8 Å². The molecule has 4 rings (SSSR count). The van der Waals surface area contributed by atoms with Crippen LogP contribution < -0.4 is 9.04 Å². The number of nitrogens with zero attached hydrogens (tertiary/aromatic N) is 4. The monoisotopic (exact) mass is 378 g/mol. The second kappa shape index (κ2) is 7.18. The van der Waals surface area contributed by atoms with Crippen LogP contribution in [0.25, 0.3) is 22.2 Å². The summed E-state index contributed by atoms with van der Waals surface area (Å²) in [4.78, 5) is 0. The summed E-state index contributed by atoms with van der Waals surface area (Å²) in [7, 11) is 3.77. The fourth-order valence-corrected chi connectivity index (χ4v) is 4.52. The Morgan fingerprint density at radius 2 is 1.93 bits per heavy atom. The predicted molar refractivity (Wildman–Crippen MR) is 112 cm³/mol. The van der Waals surface area contributed by atoms with Crippen molar-refractivity contribution >= 4 is 28.7 Å². The van der Waals surface area contributed by atoms with Crippen LogP contribution in [0.15, 0.2) is 42.5 Å². The Labute approximate surface area is 164 Å². The van der Waals surface area contributed by atoms with Crippen molar-refractivity contribution in [2.45, 2.75) is 13.5 Å². The van der Waals surface area contributed by atoms with Gasteiger partial charge in [-0.25, -0.2) is 4.31 Å². The number of rotatable bonds is 4. The maximum Gasteiger partial charge on any atom is 0.120 e. The Balaban J connectivity index is 1.82. The molecule has 5 nitrogen and oxygen atoms in total. The molecule has 0 atom stereocenters. The highest BCUT2D eigenvalue weighted by atomic mass is 32.2. The number of methoxy groups -OCH3 is 1. The second-order valence-electron chi connectivity index (χ2n) is 6.54. The molecule has 1 aliphatic rings. The average molecular weight is 379 g/mol. The largest absolute Gasteiger partial charge is 0.497 e. The third-order valence-electron chi connectivity index (χ3n) is 4.98. The lowest BCUT2D eigenvalue weighted by Crippen LogP contribution is -2.10. The minimum Gasteiger partial charge on any atom is -0.497 e. The SMILES string of the molecule is CCn1c(-c2ccc(N3CCN(C)S3)cc2)c(C#N)c2ccc(OC)cc21. The van der Waals surface area contributed by atoms with Gasteiger partial charge in [0.25, 0.3) is 0 Å². The fourth-order valence-electron chi connectivity index (χ4n) is 3.64. The van der Waals surface area contributed by atoms with Crippen LogP contribution in [0.3, 0.4) is 0 Å². The van der Waals surface area contributed by atoms with E-state index in [9.17, 15) is 5.26 Å². The van der Waals surface area contributed by atoms with E-state index in [0.717, 1.165) is 53.1 Å². The third kappa shape index (κ3) is 3.03. The first-order valence-corrected chi connectivity index (χ1v) is 9.76. The molecule has 0 saturated carbocycles. The predicted octanol–water partition coefficient (Wildman–Crippen LogP) is 4.52. The molecule has 2 aromatic carbocycles. The highest BCUT2D eigenvalue weighted by molar-refractivity contribution is 7.98. The van der Waals surface area contributed by atoms with E-state index >= 15 is 0 Å². The molecule has 6 heteroatoms. The molecule has 1 saturated heterocycles. The lowest BCUT2D eigenvalue weighted by Gasteiger charge is -2.16. The molecule has 1 fully saturated rings.